The zero-order chi connectivity index (χ0) is 25.2. The summed E-state index contributed by atoms with van der Waals surface area (Å²) in [4.78, 5) is 9.11. The molecule has 0 spiro atoms. The number of hydrazone groups is 1. The summed E-state index contributed by atoms with van der Waals surface area (Å²) >= 11 is 6.31. The molecule has 36 heavy (non-hydrogen) atoms. The molecule has 5 aromatic rings. The minimum Gasteiger partial charge on any atom is -0.495 e. The molecule has 0 fully saturated rings. The fourth-order valence-corrected chi connectivity index (χ4v) is 4.18. The number of fused-ring (bicyclic) bond motifs is 3. The second-order valence-electron chi connectivity index (χ2n) is 8.24. The SMILES string of the molecule is CCn1ncc2c3c(NCc4ccc(OC)c(Cl)c4)nnc(-n4cnc(/C=N/N(C)C)c4)c3cnc21. The van der Waals surface area contributed by atoms with Crippen LogP contribution in [0.2, 0.25) is 5.02 Å². The standard InChI is InChI=1S/C24H25ClN10O/c1-5-35-23-18(12-30-35)21-17(11-27-23)24(34-13-16(28-14-34)10-29-33(2)3)32-31-22(21)26-9-15-6-7-20(36-4)19(25)8-15/h6-8,10-14H,5,9H2,1-4H3,(H,26,31)/b29-10+. The smallest absolute Gasteiger partial charge is 0.170 e. The maximum Gasteiger partial charge on any atom is 0.170 e. The zero-order valence-electron chi connectivity index (χ0n) is 20.3. The van der Waals surface area contributed by atoms with Crippen LogP contribution in [-0.2, 0) is 13.1 Å². The Bertz CT molecular complexity index is 1570. The zero-order valence-corrected chi connectivity index (χ0v) is 21.1. The lowest BCUT2D eigenvalue weighted by Crippen LogP contribution is -2.07. The highest BCUT2D eigenvalue weighted by atomic mass is 35.5. The van der Waals surface area contributed by atoms with Gasteiger partial charge in [0, 0.05) is 50.4 Å². The number of aryl methyl sites for hydroxylation is 1. The monoisotopic (exact) mass is 504 g/mol. The first-order chi connectivity index (χ1) is 17.5. The Hall–Kier alpha value is -4.25. The van der Waals surface area contributed by atoms with Crippen molar-refractivity contribution in [3.05, 3.63) is 59.4 Å². The number of pyridine rings is 1. The molecule has 1 aromatic carbocycles. The maximum atomic E-state index is 6.31. The van der Waals surface area contributed by atoms with E-state index in [0.717, 1.165) is 27.4 Å². The van der Waals surface area contributed by atoms with E-state index in [4.69, 9.17) is 16.3 Å². The van der Waals surface area contributed by atoms with Crippen LogP contribution in [0.25, 0.3) is 27.6 Å². The third kappa shape index (κ3) is 4.40. The van der Waals surface area contributed by atoms with Crippen molar-refractivity contribution in [2.45, 2.75) is 20.0 Å². The van der Waals surface area contributed by atoms with Crippen LogP contribution in [0.3, 0.4) is 0 Å². The molecule has 1 N–H and O–H groups in total. The quantitative estimate of drug-likeness (QED) is 0.251. The Morgan fingerprint density at radius 3 is 2.78 bits per heavy atom. The molecule has 0 saturated heterocycles. The highest BCUT2D eigenvalue weighted by Crippen LogP contribution is 2.32. The highest BCUT2D eigenvalue weighted by Gasteiger charge is 2.17. The number of anilines is 1. The summed E-state index contributed by atoms with van der Waals surface area (Å²) in [5, 5.41) is 26.1. The van der Waals surface area contributed by atoms with Gasteiger partial charge < -0.3 is 15.1 Å². The average Bonchev–Trinajstić information content (AvgIpc) is 3.53. The number of hydrogen-bond acceptors (Lipinski definition) is 9. The lowest BCUT2D eigenvalue weighted by Gasteiger charge is -2.13. The van der Waals surface area contributed by atoms with Crippen molar-refractivity contribution < 1.29 is 4.74 Å². The predicted molar refractivity (Wildman–Crippen MR) is 140 cm³/mol. The molecule has 4 aromatic heterocycles. The molecule has 5 rings (SSSR count). The van der Waals surface area contributed by atoms with Crippen molar-refractivity contribution in [1.29, 1.82) is 0 Å². The Labute approximate surface area is 212 Å². The Balaban J connectivity index is 1.59. The van der Waals surface area contributed by atoms with Gasteiger partial charge in [0.15, 0.2) is 17.3 Å². The molecular formula is C24H25ClN10O. The number of methoxy groups -OCH3 is 1. The van der Waals surface area contributed by atoms with E-state index in [-0.39, 0.29) is 0 Å². The van der Waals surface area contributed by atoms with Gasteiger partial charge in [0.1, 0.15) is 17.8 Å². The second kappa shape index (κ2) is 9.78. The van der Waals surface area contributed by atoms with Crippen molar-refractivity contribution in [3.8, 4) is 11.6 Å². The Morgan fingerprint density at radius 1 is 1.17 bits per heavy atom. The van der Waals surface area contributed by atoms with Gasteiger partial charge in [-0.15, -0.1) is 10.2 Å². The van der Waals surface area contributed by atoms with E-state index in [9.17, 15) is 0 Å². The Morgan fingerprint density at radius 2 is 2.03 bits per heavy atom. The summed E-state index contributed by atoms with van der Waals surface area (Å²) < 4.78 is 8.93. The van der Waals surface area contributed by atoms with Crippen LogP contribution < -0.4 is 10.1 Å². The third-order valence-electron chi connectivity index (χ3n) is 5.63. The molecular weight excluding hydrogens is 480 g/mol. The van der Waals surface area contributed by atoms with Crippen LogP contribution in [0, 0.1) is 0 Å². The molecule has 0 saturated carbocycles. The number of hydrogen-bond donors (Lipinski definition) is 1. The molecule has 0 aliphatic heterocycles. The molecule has 0 amide bonds. The van der Waals surface area contributed by atoms with Crippen LogP contribution in [0.4, 0.5) is 5.82 Å². The van der Waals surface area contributed by atoms with Crippen molar-refractivity contribution in [2.75, 3.05) is 26.5 Å². The van der Waals surface area contributed by atoms with Crippen LogP contribution in [0.1, 0.15) is 18.2 Å². The fourth-order valence-electron chi connectivity index (χ4n) is 3.90. The summed E-state index contributed by atoms with van der Waals surface area (Å²) in [6.45, 7) is 3.23. The number of halogens is 1. The molecule has 0 aliphatic rings. The lowest BCUT2D eigenvalue weighted by molar-refractivity contribution is 0.415. The van der Waals surface area contributed by atoms with Gasteiger partial charge in [0.2, 0.25) is 0 Å². The number of imidazole rings is 1. The van der Waals surface area contributed by atoms with Crippen LogP contribution in [-0.4, -0.2) is 66.9 Å². The van der Waals surface area contributed by atoms with Gasteiger partial charge in [-0.25, -0.2) is 14.6 Å². The van der Waals surface area contributed by atoms with Crippen LogP contribution in [0.5, 0.6) is 5.75 Å². The van der Waals surface area contributed by atoms with Gasteiger partial charge in [-0.2, -0.15) is 10.2 Å². The topological polar surface area (TPSA) is 111 Å². The summed E-state index contributed by atoms with van der Waals surface area (Å²) in [6.07, 6.45) is 8.84. The molecule has 0 atom stereocenters. The largest absolute Gasteiger partial charge is 0.495 e. The third-order valence-corrected chi connectivity index (χ3v) is 5.93. The van der Waals surface area contributed by atoms with Crippen molar-refractivity contribution in [1.82, 2.24) is 39.5 Å². The van der Waals surface area contributed by atoms with Gasteiger partial charge in [-0.1, -0.05) is 17.7 Å². The van der Waals surface area contributed by atoms with E-state index in [1.807, 2.05) is 60.9 Å². The summed E-state index contributed by atoms with van der Waals surface area (Å²) in [5.41, 5.74) is 2.46. The average molecular weight is 505 g/mol. The first-order valence-electron chi connectivity index (χ1n) is 11.3. The van der Waals surface area contributed by atoms with Gasteiger partial charge in [-0.05, 0) is 24.6 Å². The molecule has 0 radical (unpaired) electrons. The van der Waals surface area contributed by atoms with Crippen molar-refractivity contribution in [3.63, 3.8) is 0 Å². The molecule has 0 bridgehead atoms. The molecule has 0 unspecified atom stereocenters. The number of aromatic nitrogens is 7. The molecule has 11 nitrogen and oxygen atoms in total. The molecule has 12 heteroatoms. The van der Waals surface area contributed by atoms with E-state index in [1.54, 1.807) is 30.9 Å². The number of nitrogens with zero attached hydrogens (tertiary/aromatic N) is 9. The van der Waals surface area contributed by atoms with E-state index >= 15 is 0 Å². The lowest BCUT2D eigenvalue weighted by atomic mass is 10.1. The van der Waals surface area contributed by atoms with E-state index in [2.05, 4.69) is 35.7 Å². The second-order valence-corrected chi connectivity index (χ2v) is 8.64. The Kier molecular flexibility index (Phi) is 6.38. The molecule has 184 valence electrons. The predicted octanol–water partition coefficient (Wildman–Crippen LogP) is 3.75. The minimum absolute atomic E-state index is 0.495. The van der Waals surface area contributed by atoms with Gasteiger partial charge in [-0.3, -0.25) is 4.57 Å². The van der Waals surface area contributed by atoms with Gasteiger partial charge in [0.05, 0.1) is 29.9 Å². The van der Waals surface area contributed by atoms with Gasteiger partial charge in [0.25, 0.3) is 0 Å². The minimum atomic E-state index is 0.495. The summed E-state index contributed by atoms with van der Waals surface area (Å²) in [6, 6.07) is 5.66. The summed E-state index contributed by atoms with van der Waals surface area (Å²) in [5.74, 6) is 1.86. The van der Waals surface area contributed by atoms with Crippen molar-refractivity contribution in [2.24, 2.45) is 5.10 Å². The van der Waals surface area contributed by atoms with Crippen LogP contribution >= 0.6 is 11.6 Å². The van der Waals surface area contributed by atoms with Crippen molar-refractivity contribution >= 4 is 45.4 Å². The number of benzene rings is 1. The maximum absolute atomic E-state index is 6.31. The van der Waals surface area contributed by atoms with E-state index in [0.29, 0.717) is 41.2 Å². The molecule has 4 heterocycles. The first kappa shape index (κ1) is 23.5. The first-order valence-corrected chi connectivity index (χ1v) is 11.7. The molecule has 0 aliphatic carbocycles. The number of ether oxygens (including phenoxy) is 1. The number of nitrogens with one attached hydrogen (secondary N) is 1. The fraction of sp³-hybridized carbons (Fsp3) is 0.250. The van der Waals surface area contributed by atoms with E-state index < -0.39 is 0 Å². The highest BCUT2D eigenvalue weighted by molar-refractivity contribution is 6.32. The number of rotatable bonds is 8. The summed E-state index contributed by atoms with van der Waals surface area (Å²) in [7, 11) is 5.30. The van der Waals surface area contributed by atoms with E-state index in [1.165, 1.54) is 0 Å². The van der Waals surface area contributed by atoms with Gasteiger partial charge >= 0.3 is 0 Å². The normalized spacial score (nSPS) is 11.6. The van der Waals surface area contributed by atoms with Crippen LogP contribution in [0.15, 0.2) is 48.2 Å².